The number of carbonyl (C=O) groups excluding carboxylic acids is 1. The van der Waals surface area contributed by atoms with Crippen molar-refractivity contribution in [3.05, 3.63) is 54.1 Å². The van der Waals surface area contributed by atoms with Gasteiger partial charge in [-0.2, -0.15) is 0 Å². The van der Waals surface area contributed by atoms with Crippen molar-refractivity contribution < 1.29 is 14.3 Å². The van der Waals surface area contributed by atoms with Crippen LogP contribution in [-0.2, 0) is 0 Å². The van der Waals surface area contributed by atoms with E-state index >= 15 is 0 Å². The zero-order chi connectivity index (χ0) is 16.9. The molecule has 1 amide bonds. The van der Waals surface area contributed by atoms with Crippen LogP contribution in [0.5, 0.6) is 11.5 Å². The number of aromatic nitrogens is 2. The van der Waals surface area contributed by atoms with E-state index in [-0.39, 0.29) is 5.91 Å². The lowest BCUT2D eigenvalue weighted by Crippen LogP contribution is -2.13. The highest BCUT2D eigenvalue weighted by atomic mass is 32.1. The fourth-order valence-electron chi connectivity index (χ4n) is 2.20. The van der Waals surface area contributed by atoms with E-state index in [2.05, 4.69) is 15.5 Å². The van der Waals surface area contributed by atoms with E-state index in [1.54, 1.807) is 18.2 Å². The average molecular weight is 341 g/mol. The minimum Gasteiger partial charge on any atom is -0.493 e. The summed E-state index contributed by atoms with van der Waals surface area (Å²) < 4.78 is 10.5. The van der Waals surface area contributed by atoms with Crippen molar-refractivity contribution >= 4 is 22.4 Å². The molecule has 0 aliphatic carbocycles. The number of anilines is 1. The molecule has 3 rings (SSSR count). The summed E-state index contributed by atoms with van der Waals surface area (Å²) in [6, 6.07) is 14.8. The largest absolute Gasteiger partial charge is 0.493 e. The maximum Gasteiger partial charge on any atom is 0.261 e. The van der Waals surface area contributed by atoms with E-state index < -0.39 is 0 Å². The molecule has 1 N–H and O–H groups in total. The summed E-state index contributed by atoms with van der Waals surface area (Å²) in [6.07, 6.45) is 0. The molecule has 0 radical (unpaired) electrons. The van der Waals surface area contributed by atoms with E-state index in [1.807, 2.05) is 30.3 Å². The van der Waals surface area contributed by atoms with E-state index in [0.29, 0.717) is 22.2 Å². The third kappa shape index (κ3) is 3.21. The standard InChI is InChI=1S/C17H15N3O3S/c1-22-13-10-6-9-12(14(13)23-2)15(21)18-17-20-19-16(24-17)11-7-4-3-5-8-11/h3-10H,1-2H3,(H,18,20,21). The molecular weight excluding hydrogens is 326 g/mol. The third-order valence-corrected chi connectivity index (χ3v) is 4.20. The summed E-state index contributed by atoms with van der Waals surface area (Å²) in [5.41, 5.74) is 1.32. The second-order valence-electron chi connectivity index (χ2n) is 4.77. The maximum absolute atomic E-state index is 12.5. The molecule has 0 aliphatic heterocycles. The number of nitrogens with zero attached hydrogens (tertiary/aromatic N) is 2. The van der Waals surface area contributed by atoms with Gasteiger partial charge in [0.1, 0.15) is 5.01 Å². The molecule has 0 saturated heterocycles. The number of rotatable bonds is 5. The van der Waals surface area contributed by atoms with Crippen LogP contribution in [-0.4, -0.2) is 30.3 Å². The second-order valence-corrected chi connectivity index (χ2v) is 5.75. The average Bonchev–Trinajstić information content (AvgIpc) is 3.10. The summed E-state index contributed by atoms with van der Waals surface area (Å²) in [5.74, 6) is 0.541. The van der Waals surface area contributed by atoms with Crippen LogP contribution >= 0.6 is 11.3 Å². The van der Waals surface area contributed by atoms with Crippen LogP contribution in [0.15, 0.2) is 48.5 Å². The van der Waals surface area contributed by atoms with Crippen LogP contribution in [0.25, 0.3) is 10.6 Å². The van der Waals surface area contributed by atoms with Gasteiger partial charge in [-0.05, 0) is 12.1 Å². The highest BCUT2D eigenvalue weighted by Gasteiger charge is 2.18. The highest BCUT2D eigenvalue weighted by molar-refractivity contribution is 7.18. The Morgan fingerprint density at radius 3 is 2.50 bits per heavy atom. The zero-order valence-corrected chi connectivity index (χ0v) is 14.0. The summed E-state index contributed by atoms with van der Waals surface area (Å²) >= 11 is 1.31. The molecule has 2 aromatic carbocycles. The Morgan fingerprint density at radius 1 is 1.00 bits per heavy atom. The third-order valence-electron chi connectivity index (χ3n) is 3.31. The number of para-hydroxylation sites is 1. The molecule has 0 fully saturated rings. The van der Waals surface area contributed by atoms with Crippen molar-refractivity contribution in [2.75, 3.05) is 19.5 Å². The van der Waals surface area contributed by atoms with Gasteiger partial charge >= 0.3 is 0 Å². The van der Waals surface area contributed by atoms with Gasteiger partial charge in [0.15, 0.2) is 11.5 Å². The summed E-state index contributed by atoms with van der Waals surface area (Å²) in [7, 11) is 3.02. The summed E-state index contributed by atoms with van der Waals surface area (Å²) in [4.78, 5) is 12.5. The molecule has 122 valence electrons. The highest BCUT2D eigenvalue weighted by Crippen LogP contribution is 2.32. The Balaban J connectivity index is 1.82. The van der Waals surface area contributed by atoms with Crippen molar-refractivity contribution in [1.29, 1.82) is 0 Å². The van der Waals surface area contributed by atoms with Crippen LogP contribution in [0.3, 0.4) is 0 Å². The molecule has 3 aromatic rings. The van der Waals surface area contributed by atoms with E-state index in [9.17, 15) is 4.79 Å². The molecule has 0 unspecified atom stereocenters. The predicted molar refractivity (Wildman–Crippen MR) is 92.8 cm³/mol. The number of nitrogens with one attached hydrogen (secondary N) is 1. The number of hydrogen-bond donors (Lipinski definition) is 1. The van der Waals surface area contributed by atoms with Gasteiger partial charge in [0.05, 0.1) is 19.8 Å². The Morgan fingerprint density at radius 2 is 1.79 bits per heavy atom. The Labute approximate surface area is 143 Å². The van der Waals surface area contributed by atoms with Gasteiger partial charge in [-0.15, -0.1) is 10.2 Å². The molecular formula is C17H15N3O3S. The van der Waals surface area contributed by atoms with Crippen molar-refractivity contribution in [1.82, 2.24) is 10.2 Å². The Kier molecular flexibility index (Phi) is 4.72. The van der Waals surface area contributed by atoms with Gasteiger partial charge < -0.3 is 9.47 Å². The van der Waals surface area contributed by atoms with Crippen LogP contribution < -0.4 is 14.8 Å². The summed E-state index contributed by atoms with van der Waals surface area (Å²) in [6.45, 7) is 0. The number of carbonyl (C=O) groups is 1. The van der Waals surface area contributed by atoms with Crippen molar-refractivity contribution in [3.63, 3.8) is 0 Å². The van der Waals surface area contributed by atoms with Gasteiger partial charge in [0.25, 0.3) is 5.91 Å². The molecule has 6 nitrogen and oxygen atoms in total. The van der Waals surface area contributed by atoms with Crippen LogP contribution in [0.2, 0.25) is 0 Å². The number of hydrogen-bond acceptors (Lipinski definition) is 6. The Hall–Kier alpha value is -2.93. The predicted octanol–water partition coefficient (Wildman–Crippen LogP) is 3.47. The smallest absolute Gasteiger partial charge is 0.261 e. The molecule has 0 saturated carbocycles. The van der Waals surface area contributed by atoms with Gasteiger partial charge in [0.2, 0.25) is 5.13 Å². The Bertz CT molecular complexity index is 849. The molecule has 0 aliphatic rings. The SMILES string of the molecule is COc1cccc(C(=O)Nc2nnc(-c3ccccc3)s2)c1OC. The molecule has 0 atom stereocenters. The van der Waals surface area contributed by atoms with Gasteiger partial charge in [-0.25, -0.2) is 0 Å². The van der Waals surface area contributed by atoms with Crippen molar-refractivity contribution in [2.24, 2.45) is 0 Å². The van der Waals surface area contributed by atoms with Crippen LogP contribution in [0, 0.1) is 0 Å². The second kappa shape index (κ2) is 7.10. The number of methoxy groups -OCH3 is 2. The van der Waals surface area contributed by atoms with Crippen molar-refractivity contribution in [2.45, 2.75) is 0 Å². The first kappa shape index (κ1) is 15.9. The van der Waals surface area contributed by atoms with E-state index in [4.69, 9.17) is 9.47 Å². The van der Waals surface area contributed by atoms with Gasteiger partial charge in [0, 0.05) is 5.56 Å². The lowest BCUT2D eigenvalue weighted by molar-refractivity contribution is 0.102. The van der Waals surface area contributed by atoms with Crippen LogP contribution in [0.4, 0.5) is 5.13 Å². The first-order valence-corrected chi connectivity index (χ1v) is 7.96. The fraction of sp³-hybridized carbons (Fsp3) is 0.118. The molecule has 0 bridgehead atoms. The monoisotopic (exact) mass is 341 g/mol. The molecule has 7 heteroatoms. The summed E-state index contributed by atoms with van der Waals surface area (Å²) in [5, 5.41) is 12.0. The van der Waals surface area contributed by atoms with Crippen LogP contribution in [0.1, 0.15) is 10.4 Å². The first-order valence-electron chi connectivity index (χ1n) is 7.14. The van der Waals surface area contributed by atoms with Crippen molar-refractivity contribution in [3.8, 4) is 22.1 Å². The zero-order valence-electron chi connectivity index (χ0n) is 13.1. The van der Waals surface area contributed by atoms with E-state index in [0.717, 1.165) is 10.6 Å². The van der Waals surface area contributed by atoms with E-state index in [1.165, 1.54) is 25.6 Å². The molecule has 24 heavy (non-hydrogen) atoms. The van der Waals surface area contributed by atoms with Gasteiger partial charge in [-0.3, -0.25) is 10.1 Å². The minimum atomic E-state index is -0.332. The number of benzene rings is 2. The molecule has 1 aromatic heterocycles. The quantitative estimate of drug-likeness (QED) is 0.769. The number of amides is 1. The minimum absolute atomic E-state index is 0.332. The fourth-order valence-corrected chi connectivity index (χ4v) is 2.95. The molecule has 1 heterocycles. The van der Waals surface area contributed by atoms with Gasteiger partial charge in [-0.1, -0.05) is 47.7 Å². The lowest BCUT2D eigenvalue weighted by Gasteiger charge is -2.11. The maximum atomic E-state index is 12.5. The molecule has 0 spiro atoms. The normalized spacial score (nSPS) is 10.2. The first-order chi connectivity index (χ1) is 11.7. The lowest BCUT2D eigenvalue weighted by atomic mass is 10.1. The topological polar surface area (TPSA) is 73.3 Å². The number of ether oxygens (including phenoxy) is 2.